The van der Waals surface area contributed by atoms with Gasteiger partial charge >= 0.3 is 11.9 Å². The van der Waals surface area contributed by atoms with Gasteiger partial charge in [0.2, 0.25) is 0 Å². The van der Waals surface area contributed by atoms with Crippen LogP contribution in [0.1, 0.15) is 42.9 Å². The SMILES string of the molecule is CCOC(=O)c1c(NC(=O)c2cc([N+](=O)[O-])ccc2N2CCOCC2)sc(C(=O)OC)c1C. The molecule has 2 aromatic rings. The predicted octanol–water partition coefficient (Wildman–Crippen LogP) is 3.02. The monoisotopic (exact) mass is 477 g/mol. The summed E-state index contributed by atoms with van der Waals surface area (Å²) >= 11 is 0.873. The second-order valence-electron chi connectivity index (χ2n) is 6.98. The van der Waals surface area contributed by atoms with E-state index in [4.69, 9.17) is 14.2 Å². The van der Waals surface area contributed by atoms with Gasteiger partial charge in [0.15, 0.2) is 0 Å². The van der Waals surface area contributed by atoms with Crippen molar-refractivity contribution < 1.29 is 33.5 Å². The van der Waals surface area contributed by atoms with Gasteiger partial charge in [0.05, 0.1) is 48.7 Å². The second-order valence-corrected chi connectivity index (χ2v) is 8.01. The van der Waals surface area contributed by atoms with Gasteiger partial charge in [-0.1, -0.05) is 0 Å². The Kier molecular flexibility index (Phi) is 7.61. The first-order valence-electron chi connectivity index (χ1n) is 10.1. The van der Waals surface area contributed by atoms with Gasteiger partial charge in [0.1, 0.15) is 9.88 Å². The third-order valence-corrected chi connectivity index (χ3v) is 6.20. The Hall–Kier alpha value is -3.51. The van der Waals surface area contributed by atoms with E-state index in [-0.39, 0.29) is 33.3 Å². The summed E-state index contributed by atoms with van der Waals surface area (Å²) in [5.41, 5.74) is 0.662. The summed E-state index contributed by atoms with van der Waals surface area (Å²) in [7, 11) is 1.21. The van der Waals surface area contributed by atoms with Crippen molar-refractivity contribution in [2.45, 2.75) is 13.8 Å². The van der Waals surface area contributed by atoms with Crippen LogP contribution in [-0.4, -0.2) is 62.8 Å². The molecule has 1 aliphatic heterocycles. The molecule has 1 aliphatic rings. The summed E-state index contributed by atoms with van der Waals surface area (Å²) in [5.74, 6) is -2.03. The minimum atomic E-state index is -0.704. The summed E-state index contributed by atoms with van der Waals surface area (Å²) in [6.07, 6.45) is 0. The minimum absolute atomic E-state index is 0.0361. The van der Waals surface area contributed by atoms with Gasteiger partial charge in [-0.2, -0.15) is 0 Å². The fourth-order valence-electron chi connectivity index (χ4n) is 3.41. The van der Waals surface area contributed by atoms with E-state index < -0.39 is 22.8 Å². The van der Waals surface area contributed by atoms with Crippen LogP contribution in [0.2, 0.25) is 0 Å². The lowest BCUT2D eigenvalue weighted by Crippen LogP contribution is -2.37. The molecule has 1 saturated heterocycles. The summed E-state index contributed by atoms with van der Waals surface area (Å²) in [4.78, 5) is 50.8. The molecule has 0 atom stereocenters. The summed E-state index contributed by atoms with van der Waals surface area (Å²) in [6, 6.07) is 4.03. The normalized spacial score (nSPS) is 13.4. The van der Waals surface area contributed by atoms with Gasteiger partial charge in [0.25, 0.3) is 11.6 Å². The molecule has 1 fully saturated rings. The van der Waals surface area contributed by atoms with Crippen molar-refractivity contribution in [1.29, 1.82) is 0 Å². The van der Waals surface area contributed by atoms with Gasteiger partial charge in [-0.05, 0) is 25.5 Å². The third-order valence-electron chi connectivity index (χ3n) is 5.01. The van der Waals surface area contributed by atoms with Crippen molar-refractivity contribution in [1.82, 2.24) is 0 Å². The molecule has 3 rings (SSSR count). The molecule has 0 spiro atoms. The maximum Gasteiger partial charge on any atom is 0.348 e. The van der Waals surface area contributed by atoms with Crippen molar-refractivity contribution in [3.05, 3.63) is 49.9 Å². The first-order valence-corrected chi connectivity index (χ1v) is 10.9. The number of benzene rings is 1. The fraction of sp³-hybridized carbons (Fsp3) is 0.381. The van der Waals surface area contributed by atoms with Gasteiger partial charge in [-0.25, -0.2) is 9.59 Å². The topological polar surface area (TPSA) is 137 Å². The highest BCUT2D eigenvalue weighted by Crippen LogP contribution is 2.35. The number of amides is 1. The van der Waals surface area contributed by atoms with E-state index in [1.807, 2.05) is 4.90 Å². The second kappa shape index (κ2) is 10.4. The van der Waals surface area contributed by atoms with Crippen molar-refractivity contribution in [2.75, 3.05) is 50.2 Å². The highest BCUT2D eigenvalue weighted by Gasteiger charge is 2.29. The van der Waals surface area contributed by atoms with Crippen molar-refractivity contribution in [3.8, 4) is 0 Å². The van der Waals surface area contributed by atoms with Gasteiger partial charge < -0.3 is 24.4 Å². The molecule has 176 valence electrons. The van der Waals surface area contributed by atoms with E-state index in [1.54, 1.807) is 13.8 Å². The van der Waals surface area contributed by atoms with E-state index in [2.05, 4.69) is 5.32 Å². The number of nitrogens with one attached hydrogen (secondary N) is 1. The Morgan fingerprint density at radius 3 is 2.55 bits per heavy atom. The number of methoxy groups -OCH3 is 1. The van der Waals surface area contributed by atoms with Crippen LogP contribution in [0.3, 0.4) is 0 Å². The standard InChI is InChI=1S/C21H23N3O8S/c1-4-32-20(26)16-12(2)17(21(27)30-3)33-19(16)22-18(25)14-11-13(24(28)29)5-6-15(14)23-7-9-31-10-8-23/h5-6,11H,4,7-10H2,1-3H3,(H,22,25). The molecule has 0 radical (unpaired) electrons. The molecule has 0 aliphatic carbocycles. The lowest BCUT2D eigenvalue weighted by molar-refractivity contribution is -0.384. The predicted molar refractivity (Wildman–Crippen MR) is 120 cm³/mol. The van der Waals surface area contributed by atoms with E-state index in [9.17, 15) is 24.5 Å². The van der Waals surface area contributed by atoms with Crippen molar-refractivity contribution in [3.63, 3.8) is 0 Å². The average molecular weight is 477 g/mol. The number of hydrogen-bond acceptors (Lipinski definition) is 10. The summed E-state index contributed by atoms with van der Waals surface area (Å²) in [6.45, 7) is 5.22. The lowest BCUT2D eigenvalue weighted by atomic mass is 10.1. The number of nitro benzene ring substituents is 1. The molecule has 2 heterocycles. The van der Waals surface area contributed by atoms with E-state index in [0.717, 1.165) is 11.3 Å². The number of hydrogen-bond donors (Lipinski definition) is 1. The molecular weight excluding hydrogens is 454 g/mol. The lowest BCUT2D eigenvalue weighted by Gasteiger charge is -2.30. The molecular formula is C21H23N3O8S. The van der Waals surface area contributed by atoms with Gasteiger partial charge in [-0.3, -0.25) is 14.9 Å². The summed E-state index contributed by atoms with van der Waals surface area (Å²) in [5, 5.41) is 14.1. The van der Waals surface area contributed by atoms with Crippen molar-refractivity contribution >= 4 is 45.6 Å². The maximum absolute atomic E-state index is 13.3. The van der Waals surface area contributed by atoms with Crippen LogP contribution in [0.25, 0.3) is 0 Å². The molecule has 12 heteroatoms. The first-order chi connectivity index (χ1) is 15.8. The number of morpholine rings is 1. The first kappa shape index (κ1) is 24.1. The van der Waals surface area contributed by atoms with E-state index in [1.165, 1.54) is 25.3 Å². The Balaban J connectivity index is 2.04. The maximum atomic E-state index is 13.3. The molecule has 0 unspecified atom stereocenters. The molecule has 33 heavy (non-hydrogen) atoms. The average Bonchev–Trinajstić information content (AvgIpc) is 3.14. The van der Waals surface area contributed by atoms with Crippen LogP contribution in [0.5, 0.6) is 0 Å². The highest BCUT2D eigenvalue weighted by molar-refractivity contribution is 7.18. The number of rotatable bonds is 7. The zero-order chi connectivity index (χ0) is 24.1. The highest BCUT2D eigenvalue weighted by atomic mass is 32.1. The van der Waals surface area contributed by atoms with Gasteiger partial charge in [0, 0.05) is 25.2 Å². The van der Waals surface area contributed by atoms with Crippen LogP contribution in [0.15, 0.2) is 18.2 Å². The molecule has 1 aromatic carbocycles. The van der Waals surface area contributed by atoms with Crippen molar-refractivity contribution in [2.24, 2.45) is 0 Å². The molecule has 1 aromatic heterocycles. The number of esters is 2. The minimum Gasteiger partial charge on any atom is -0.465 e. The quantitative estimate of drug-likeness (QED) is 0.362. The Morgan fingerprint density at radius 1 is 1.24 bits per heavy atom. The molecule has 1 N–H and O–H groups in total. The Labute approximate surface area is 193 Å². The fourth-order valence-corrected chi connectivity index (χ4v) is 4.52. The number of carbonyl (C=O) groups is 3. The van der Waals surface area contributed by atoms with E-state index in [0.29, 0.717) is 37.6 Å². The Bertz CT molecular complexity index is 1090. The summed E-state index contributed by atoms with van der Waals surface area (Å²) < 4.78 is 15.2. The number of non-ortho nitro benzene ring substituents is 1. The molecule has 0 bridgehead atoms. The van der Waals surface area contributed by atoms with Crippen LogP contribution in [0.4, 0.5) is 16.4 Å². The molecule has 0 saturated carbocycles. The van der Waals surface area contributed by atoms with E-state index >= 15 is 0 Å². The largest absolute Gasteiger partial charge is 0.465 e. The van der Waals surface area contributed by atoms with Gasteiger partial charge in [-0.15, -0.1) is 11.3 Å². The van der Waals surface area contributed by atoms with Crippen LogP contribution in [-0.2, 0) is 14.2 Å². The molecule has 11 nitrogen and oxygen atoms in total. The number of carbonyl (C=O) groups excluding carboxylic acids is 3. The van der Waals surface area contributed by atoms with Crippen LogP contribution >= 0.6 is 11.3 Å². The molecule has 1 amide bonds. The third kappa shape index (κ3) is 5.12. The number of nitro groups is 1. The number of ether oxygens (including phenoxy) is 3. The zero-order valence-corrected chi connectivity index (χ0v) is 19.2. The number of anilines is 2. The number of nitrogens with zero attached hydrogens (tertiary/aromatic N) is 2. The smallest absolute Gasteiger partial charge is 0.348 e. The van der Waals surface area contributed by atoms with Crippen LogP contribution in [0, 0.1) is 17.0 Å². The Morgan fingerprint density at radius 2 is 1.94 bits per heavy atom. The zero-order valence-electron chi connectivity index (χ0n) is 18.3. The van der Waals surface area contributed by atoms with Crippen LogP contribution < -0.4 is 10.2 Å². The number of thiophene rings is 1.